The standard InChI is InChI=1S/C20H21FN2O4/c1-3-27-20(26)17-9-4-5-10-18(17)23(14(2)24)12-11-22-19(25)15-7-6-8-16(21)13-15/h4-10,13H,3,11-12H2,1-2H3,(H,22,25). The van der Waals surface area contributed by atoms with Crippen LogP contribution in [-0.2, 0) is 9.53 Å². The zero-order valence-electron chi connectivity index (χ0n) is 15.2. The van der Waals surface area contributed by atoms with Crippen LogP contribution in [0.4, 0.5) is 10.1 Å². The number of hydrogen-bond donors (Lipinski definition) is 1. The lowest BCUT2D eigenvalue weighted by Gasteiger charge is -2.23. The van der Waals surface area contributed by atoms with Crippen molar-refractivity contribution in [3.63, 3.8) is 0 Å². The lowest BCUT2D eigenvalue weighted by molar-refractivity contribution is -0.116. The summed E-state index contributed by atoms with van der Waals surface area (Å²) in [6, 6.07) is 11.9. The summed E-state index contributed by atoms with van der Waals surface area (Å²) >= 11 is 0. The summed E-state index contributed by atoms with van der Waals surface area (Å²) in [5.41, 5.74) is 0.866. The van der Waals surface area contributed by atoms with Gasteiger partial charge in [-0.1, -0.05) is 18.2 Å². The van der Waals surface area contributed by atoms with E-state index in [-0.39, 0.29) is 36.7 Å². The fraction of sp³-hybridized carbons (Fsp3) is 0.250. The first-order valence-corrected chi connectivity index (χ1v) is 8.52. The fourth-order valence-corrected chi connectivity index (χ4v) is 2.55. The van der Waals surface area contributed by atoms with E-state index < -0.39 is 17.7 Å². The van der Waals surface area contributed by atoms with Crippen LogP contribution in [0.3, 0.4) is 0 Å². The van der Waals surface area contributed by atoms with Crippen LogP contribution in [0.2, 0.25) is 0 Å². The molecule has 0 heterocycles. The molecule has 0 aliphatic carbocycles. The predicted octanol–water partition coefficient (Wildman–Crippen LogP) is 2.79. The summed E-state index contributed by atoms with van der Waals surface area (Å²) in [6.07, 6.45) is 0. The van der Waals surface area contributed by atoms with Crippen LogP contribution >= 0.6 is 0 Å². The van der Waals surface area contributed by atoms with E-state index in [1.54, 1.807) is 31.2 Å². The highest BCUT2D eigenvalue weighted by atomic mass is 19.1. The molecule has 0 unspecified atom stereocenters. The molecule has 0 fully saturated rings. The number of carbonyl (C=O) groups is 3. The van der Waals surface area contributed by atoms with Crippen molar-refractivity contribution in [2.24, 2.45) is 0 Å². The van der Waals surface area contributed by atoms with E-state index in [9.17, 15) is 18.8 Å². The van der Waals surface area contributed by atoms with Crippen LogP contribution < -0.4 is 10.2 Å². The molecule has 0 aliphatic heterocycles. The molecule has 2 amide bonds. The average molecular weight is 372 g/mol. The highest BCUT2D eigenvalue weighted by molar-refractivity contribution is 6.02. The maximum Gasteiger partial charge on any atom is 0.340 e. The Bertz CT molecular complexity index is 838. The lowest BCUT2D eigenvalue weighted by atomic mass is 10.1. The zero-order chi connectivity index (χ0) is 19.8. The van der Waals surface area contributed by atoms with Crippen LogP contribution in [0, 0.1) is 5.82 Å². The van der Waals surface area contributed by atoms with Crippen molar-refractivity contribution in [3.05, 3.63) is 65.5 Å². The van der Waals surface area contributed by atoms with Crippen LogP contribution in [0.15, 0.2) is 48.5 Å². The Morgan fingerprint density at radius 3 is 2.52 bits per heavy atom. The Hall–Kier alpha value is -3.22. The van der Waals surface area contributed by atoms with Crippen molar-refractivity contribution in [2.45, 2.75) is 13.8 Å². The van der Waals surface area contributed by atoms with Gasteiger partial charge in [-0.25, -0.2) is 9.18 Å². The molecular formula is C20H21FN2O4. The number of rotatable bonds is 7. The molecule has 7 heteroatoms. The van der Waals surface area contributed by atoms with Crippen molar-refractivity contribution in [2.75, 3.05) is 24.6 Å². The number of nitrogens with one attached hydrogen (secondary N) is 1. The minimum absolute atomic E-state index is 0.131. The first kappa shape index (κ1) is 20.1. The molecule has 0 atom stereocenters. The van der Waals surface area contributed by atoms with Gasteiger partial charge in [0, 0.05) is 25.6 Å². The van der Waals surface area contributed by atoms with E-state index in [2.05, 4.69) is 5.32 Å². The van der Waals surface area contributed by atoms with Gasteiger partial charge in [-0.05, 0) is 37.3 Å². The molecule has 2 aromatic rings. The summed E-state index contributed by atoms with van der Waals surface area (Å²) in [7, 11) is 0. The summed E-state index contributed by atoms with van der Waals surface area (Å²) in [4.78, 5) is 37.7. The van der Waals surface area contributed by atoms with Crippen molar-refractivity contribution < 1.29 is 23.5 Å². The van der Waals surface area contributed by atoms with Crippen molar-refractivity contribution in [3.8, 4) is 0 Å². The molecule has 6 nitrogen and oxygen atoms in total. The van der Waals surface area contributed by atoms with Crippen LogP contribution in [0.25, 0.3) is 0 Å². The maximum absolute atomic E-state index is 13.2. The summed E-state index contributed by atoms with van der Waals surface area (Å²) in [5.74, 6) is -1.76. The normalized spacial score (nSPS) is 10.2. The largest absolute Gasteiger partial charge is 0.462 e. The number of anilines is 1. The predicted molar refractivity (Wildman–Crippen MR) is 99.2 cm³/mol. The van der Waals surface area contributed by atoms with Gasteiger partial charge in [0.05, 0.1) is 17.9 Å². The number of amides is 2. The van der Waals surface area contributed by atoms with Crippen molar-refractivity contribution in [1.82, 2.24) is 5.32 Å². The first-order chi connectivity index (χ1) is 12.9. The molecule has 2 aromatic carbocycles. The molecule has 27 heavy (non-hydrogen) atoms. The Kier molecular flexibility index (Phi) is 7.05. The third-order valence-corrected chi connectivity index (χ3v) is 3.78. The number of esters is 1. The molecule has 1 N–H and O–H groups in total. The molecule has 142 valence electrons. The van der Waals surface area contributed by atoms with Crippen LogP contribution in [0.1, 0.15) is 34.6 Å². The van der Waals surface area contributed by atoms with E-state index >= 15 is 0 Å². The number of para-hydroxylation sites is 1. The summed E-state index contributed by atoms with van der Waals surface area (Å²) in [5, 5.41) is 2.64. The van der Waals surface area contributed by atoms with Gasteiger partial charge >= 0.3 is 5.97 Å². The second-order valence-corrected chi connectivity index (χ2v) is 5.67. The van der Waals surface area contributed by atoms with Crippen LogP contribution in [-0.4, -0.2) is 37.5 Å². The number of carbonyl (C=O) groups excluding carboxylic acids is 3. The molecule has 0 radical (unpaired) electrons. The molecule has 0 aromatic heterocycles. The second-order valence-electron chi connectivity index (χ2n) is 5.67. The van der Waals surface area contributed by atoms with E-state index in [1.807, 2.05) is 0 Å². The molecular weight excluding hydrogens is 351 g/mol. The highest BCUT2D eigenvalue weighted by Crippen LogP contribution is 2.21. The summed E-state index contributed by atoms with van der Waals surface area (Å²) in [6.45, 7) is 3.57. The topological polar surface area (TPSA) is 75.7 Å². The minimum atomic E-state index is -0.525. The van der Waals surface area contributed by atoms with Crippen molar-refractivity contribution >= 4 is 23.5 Å². The molecule has 0 spiro atoms. The minimum Gasteiger partial charge on any atom is -0.462 e. The van der Waals surface area contributed by atoms with Gasteiger partial charge in [-0.2, -0.15) is 0 Å². The third-order valence-electron chi connectivity index (χ3n) is 3.78. The number of ether oxygens (including phenoxy) is 1. The molecule has 0 aliphatic rings. The zero-order valence-corrected chi connectivity index (χ0v) is 15.2. The molecule has 0 saturated heterocycles. The SMILES string of the molecule is CCOC(=O)c1ccccc1N(CCNC(=O)c1cccc(F)c1)C(C)=O. The summed E-state index contributed by atoms with van der Waals surface area (Å²) < 4.78 is 18.2. The van der Waals surface area contributed by atoms with Crippen molar-refractivity contribution in [1.29, 1.82) is 0 Å². The Morgan fingerprint density at radius 2 is 1.85 bits per heavy atom. The van der Waals surface area contributed by atoms with Gasteiger partial charge in [0.25, 0.3) is 5.91 Å². The Labute approximate surface area is 156 Å². The van der Waals surface area contributed by atoms with Gasteiger partial charge in [0.1, 0.15) is 5.82 Å². The first-order valence-electron chi connectivity index (χ1n) is 8.52. The maximum atomic E-state index is 13.2. The Morgan fingerprint density at radius 1 is 1.11 bits per heavy atom. The molecule has 2 rings (SSSR count). The monoisotopic (exact) mass is 372 g/mol. The lowest BCUT2D eigenvalue weighted by Crippen LogP contribution is -2.38. The van der Waals surface area contributed by atoms with Gasteiger partial charge in [0.15, 0.2) is 0 Å². The average Bonchev–Trinajstić information content (AvgIpc) is 2.65. The van der Waals surface area contributed by atoms with Crippen LogP contribution in [0.5, 0.6) is 0 Å². The second kappa shape index (κ2) is 9.47. The number of nitrogens with zero attached hydrogens (tertiary/aromatic N) is 1. The van der Waals surface area contributed by atoms with Gasteiger partial charge in [0.2, 0.25) is 5.91 Å². The van der Waals surface area contributed by atoms with E-state index in [0.29, 0.717) is 5.69 Å². The highest BCUT2D eigenvalue weighted by Gasteiger charge is 2.20. The van der Waals surface area contributed by atoms with Gasteiger partial charge in [-0.3, -0.25) is 9.59 Å². The van der Waals surface area contributed by atoms with E-state index in [4.69, 9.17) is 4.74 Å². The van der Waals surface area contributed by atoms with E-state index in [1.165, 1.54) is 30.0 Å². The number of hydrogen-bond acceptors (Lipinski definition) is 4. The molecule has 0 bridgehead atoms. The Balaban J connectivity index is 2.10. The fourth-order valence-electron chi connectivity index (χ4n) is 2.55. The molecule has 0 saturated carbocycles. The smallest absolute Gasteiger partial charge is 0.340 e. The van der Waals surface area contributed by atoms with Gasteiger partial charge in [-0.15, -0.1) is 0 Å². The quantitative estimate of drug-likeness (QED) is 0.759. The number of halogens is 1. The van der Waals surface area contributed by atoms with E-state index in [0.717, 1.165) is 6.07 Å². The van der Waals surface area contributed by atoms with Gasteiger partial charge < -0.3 is 15.0 Å². The number of benzene rings is 2. The third kappa shape index (κ3) is 5.37.